The van der Waals surface area contributed by atoms with Crippen LogP contribution >= 0.6 is 27.7 Å². The van der Waals surface area contributed by atoms with Crippen LogP contribution in [0.1, 0.15) is 30.7 Å². The van der Waals surface area contributed by atoms with Crippen molar-refractivity contribution >= 4 is 27.7 Å². The SMILES string of the molecule is COc1ccc(Br)cc1CSc1nnc2n1CCCCC2. The molecule has 0 saturated heterocycles. The van der Waals surface area contributed by atoms with Gasteiger partial charge >= 0.3 is 0 Å². The highest BCUT2D eigenvalue weighted by atomic mass is 79.9. The van der Waals surface area contributed by atoms with Gasteiger partial charge < -0.3 is 9.30 Å². The van der Waals surface area contributed by atoms with Crippen LogP contribution in [0.2, 0.25) is 0 Å². The van der Waals surface area contributed by atoms with E-state index in [1.807, 2.05) is 12.1 Å². The Morgan fingerprint density at radius 3 is 3.05 bits per heavy atom. The van der Waals surface area contributed by atoms with Gasteiger partial charge in [-0.1, -0.05) is 34.1 Å². The van der Waals surface area contributed by atoms with Gasteiger partial charge in [0.15, 0.2) is 5.16 Å². The third-order valence-corrected chi connectivity index (χ3v) is 5.18. The molecule has 1 aromatic carbocycles. The molecule has 0 radical (unpaired) electrons. The van der Waals surface area contributed by atoms with E-state index in [4.69, 9.17) is 4.74 Å². The van der Waals surface area contributed by atoms with Gasteiger partial charge in [-0.2, -0.15) is 0 Å². The molecule has 112 valence electrons. The van der Waals surface area contributed by atoms with Gasteiger partial charge in [-0.05, 0) is 31.0 Å². The van der Waals surface area contributed by atoms with Crippen LogP contribution in [0.4, 0.5) is 0 Å². The number of benzene rings is 1. The van der Waals surface area contributed by atoms with Crippen LogP contribution < -0.4 is 4.74 Å². The molecule has 21 heavy (non-hydrogen) atoms. The van der Waals surface area contributed by atoms with Gasteiger partial charge in [0.2, 0.25) is 0 Å². The van der Waals surface area contributed by atoms with E-state index in [2.05, 4.69) is 36.8 Å². The number of aryl methyl sites for hydroxylation is 1. The number of fused-ring (bicyclic) bond motifs is 1. The number of hydrogen-bond donors (Lipinski definition) is 0. The molecule has 6 heteroatoms. The van der Waals surface area contributed by atoms with Crippen LogP contribution in [-0.2, 0) is 18.7 Å². The second kappa shape index (κ2) is 6.83. The molecule has 1 aliphatic heterocycles. The molecule has 0 fully saturated rings. The van der Waals surface area contributed by atoms with Crippen molar-refractivity contribution in [3.63, 3.8) is 0 Å². The second-order valence-corrected chi connectivity index (χ2v) is 6.96. The predicted molar refractivity (Wildman–Crippen MR) is 87.8 cm³/mol. The smallest absolute Gasteiger partial charge is 0.191 e. The zero-order valence-corrected chi connectivity index (χ0v) is 14.4. The molecule has 1 aliphatic rings. The fourth-order valence-electron chi connectivity index (χ4n) is 2.57. The lowest BCUT2D eigenvalue weighted by atomic mass is 10.2. The lowest BCUT2D eigenvalue weighted by Gasteiger charge is -2.09. The van der Waals surface area contributed by atoms with Gasteiger partial charge in [0, 0.05) is 28.8 Å². The standard InChI is InChI=1S/C15H18BrN3OS/c1-20-13-7-6-12(16)9-11(13)10-21-15-18-17-14-5-3-2-4-8-19(14)15/h6-7,9H,2-5,8,10H2,1H3. The highest BCUT2D eigenvalue weighted by Crippen LogP contribution is 2.30. The minimum absolute atomic E-state index is 0.834. The number of thioether (sulfide) groups is 1. The third-order valence-electron chi connectivity index (χ3n) is 3.67. The summed E-state index contributed by atoms with van der Waals surface area (Å²) in [6.45, 7) is 1.04. The summed E-state index contributed by atoms with van der Waals surface area (Å²) in [5.41, 5.74) is 1.17. The van der Waals surface area contributed by atoms with Crippen molar-refractivity contribution in [3.8, 4) is 5.75 Å². The maximum atomic E-state index is 5.43. The minimum atomic E-state index is 0.834. The van der Waals surface area contributed by atoms with E-state index in [9.17, 15) is 0 Å². The average molecular weight is 368 g/mol. The normalized spacial score (nSPS) is 14.6. The van der Waals surface area contributed by atoms with E-state index in [0.717, 1.165) is 39.9 Å². The zero-order valence-electron chi connectivity index (χ0n) is 12.0. The van der Waals surface area contributed by atoms with Crippen LogP contribution in [0.15, 0.2) is 27.8 Å². The molecule has 0 N–H and O–H groups in total. The number of hydrogen-bond acceptors (Lipinski definition) is 4. The number of methoxy groups -OCH3 is 1. The van der Waals surface area contributed by atoms with E-state index >= 15 is 0 Å². The Labute approximate surface area is 137 Å². The summed E-state index contributed by atoms with van der Waals surface area (Å²) in [7, 11) is 1.71. The summed E-state index contributed by atoms with van der Waals surface area (Å²) in [6, 6.07) is 6.09. The van der Waals surface area contributed by atoms with Gasteiger partial charge in [-0.3, -0.25) is 0 Å². The van der Waals surface area contributed by atoms with Crippen LogP contribution in [0.3, 0.4) is 0 Å². The highest BCUT2D eigenvalue weighted by Gasteiger charge is 2.15. The topological polar surface area (TPSA) is 39.9 Å². The Morgan fingerprint density at radius 2 is 2.19 bits per heavy atom. The van der Waals surface area contributed by atoms with Gasteiger partial charge in [0.25, 0.3) is 0 Å². The molecular formula is C15H18BrN3OS. The molecule has 3 rings (SSSR count). The van der Waals surface area contributed by atoms with Crippen LogP contribution in [0.5, 0.6) is 5.75 Å². The lowest BCUT2D eigenvalue weighted by Crippen LogP contribution is -2.02. The number of aromatic nitrogens is 3. The Bertz CT molecular complexity index is 629. The lowest BCUT2D eigenvalue weighted by molar-refractivity contribution is 0.411. The summed E-state index contributed by atoms with van der Waals surface area (Å²) < 4.78 is 8.77. The number of ether oxygens (including phenoxy) is 1. The maximum absolute atomic E-state index is 5.43. The van der Waals surface area contributed by atoms with Crippen molar-refractivity contribution < 1.29 is 4.74 Å². The Hall–Kier alpha value is -1.01. The van der Waals surface area contributed by atoms with E-state index in [1.54, 1.807) is 18.9 Å². The fourth-order valence-corrected chi connectivity index (χ4v) is 3.94. The monoisotopic (exact) mass is 367 g/mol. The first-order valence-corrected chi connectivity index (χ1v) is 8.93. The molecular weight excluding hydrogens is 350 g/mol. The molecule has 2 aromatic rings. The quantitative estimate of drug-likeness (QED) is 0.763. The van der Waals surface area contributed by atoms with Crippen molar-refractivity contribution in [1.82, 2.24) is 14.8 Å². The number of nitrogens with zero attached hydrogens (tertiary/aromatic N) is 3. The van der Waals surface area contributed by atoms with E-state index in [0.29, 0.717) is 0 Å². The van der Waals surface area contributed by atoms with Gasteiger partial charge in [-0.25, -0.2) is 0 Å². The molecule has 0 atom stereocenters. The van der Waals surface area contributed by atoms with Crippen molar-refractivity contribution in [1.29, 1.82) is 0 Å². The molecule has 0 spiro atoms. The first-order valence-electron chi connectivity index (χ1n) is 7.15. The predicted octanol–water partition coefficient (Wildman–Crippen LogP) is 4.07. The third kappa shape index (κ3) is 3.43. The first-order chi connectivity index (χ1) is 10.3. The summed E-state index contributed by atoms with van der Waals surface area (Å²) in [5.74, 6) is 2.89. The fraction of sp³-hybridized carbons (Fsp3) is 0.467. The minimum Gasteiger partial charge on any atom is -0.496 e. The van der Waals surface area contributed by atoms with Crippen LogP contribution in [0, 0.1) is 0 Å². The molecule has 0 unspecified atom stereocenters. The van der Waals surface area contributed by atoms with Gasteiger partial charge in [-0.15, -0.1) is 10.2 Å². The van der Waals surface area contributed by atoms with Gasteiger partial charge in [0.1, 0.15) is 11.6 Å². The van der Waals surface area contributed by atoms with Crippen LogP contribution in [-0.4, -0.2) is 21.9 Å². The summed E-state index contributed by atoms with van der Waals surface area (Å²) in [4.78, 5) is 0. The molecule has 0 saturated carbocycles. The summed E-state index contributed by atoms with van der Waals surface area (Å²) in [6.07, 6.45) is 4.78. The molecule has 0 amide bonds. The van der Waals surface area contributed by atoms with Crippen molar-refractivity contribution in [2.75, 3.05) is 7.11 Å². The molecule has 0 bridgehead atoms. The van der Waals surface area contributed by atoms with Gasteiger partial charge in [0.05, 0.1) is 7.11 Å². The molecule has 2 heterocycles. The average Bonchev–Trinajstić information content (AvgIpc) is 2.72. The van der Waals surface area contributed by atoms with E-state index in [-0.39, 0.29) is 0 Å². The van der Waals surface area contributed by atoms with E-state index in [1.165, 1.54) is 24.8 Å². The van der Waals surface area contributed by atoms with E-state index < -0.39 is 0 Å². The second-order valence-electron chi connectivity index (χ2n) is 5.11. The Balaban J connectivity index is 1.76. The molecule has 1 aromatic heterocycles. The Kier molecular flexibility index (Phi) is 4.85. The number of halogens is 1. The maximum Gasteiger partial charge on any atom is 0.191 e. The van der Waals surface area contributed by atoms with Crippen molar-refractivity contribution in [3.05, 3.63) is 34.1 Å². The Morgan fingerprint density at radius 1 is 1.29 bits per heavy atom. The largest absolute Gasteiger partial charge is 0.496 e. The molecule has 0 aliphatic carbocycles. The van der Waals surface area contributed by atoms with Crippen molar-refractivity contribution in [2.24, 2.45) is 0 Å². The highest BCUT2D eigenvalue weighted by molar-refractivity contribution is 9.10. The van der Waals surface area contributed by atoms with Crippen molar-refractivity contribution in [2.45, 2.75) is 43.1 Å². The number of rotatable bonds is 4. The summed E-state index contributed by atoms with van der Waals surface area (Å²) >= 11 is 5.25. The first kappa shape index (κ1) is 14.9. The zero-order chi connectivity index (χ0) is 14.7. The van der Waals surface area contributed by atoms with Crippen LogP contribution in [0.25, 0.3) is 0 Å². The molecule has 4 nitrogen and oxygen atoms in total. The summed E-state index contributed by atoms with van der Waals surface area (Å²) in [5, 5.41) is 9.72.